The second-order valence-corrected chi connectivity index (χ2v) is 11.9. The van der Waals surface area contributed by atoms with Crippen LogP contribution in [0.5, 0.6) is 0 Å². The first-order valence-corrected chi connectivity index (χ1v) is 13.9. The van der Waals surface area contributed by atoms with Crippen molar-refractivity contribution in [2.24, 2.45) is 11.8 Å². The molecule has 0 radical (unpaired) electrons. The van der Waals surface area contributed by atoms with Crippen LogP contribution in [0.2, 0.25) is 5.02 Å². The minimum atomic E-state index is -4.94. The summed E-state index contributed by atoms with van der Waals surface area (Å²) in [5, 5.41) is 10.5. The summed E-state index contributed by atoms with van der Waals surface area (Å²) in [7, 11) is 0. The Morgan fingerprint density at radius 2 is 1.74 bits per heavy atom. The van der Waals surface area contributed by atoms with Crippen molar-refractivity contribution in [3.63, 3.8) is 0 Å². The highest BCUT2D eigenvalue weighted by atomic mass is 35.5. The fraction of sp³-hybridized carbons (Fsp3) is 0.704. The van der Waals surface area contributed by atoms with Crippen LogP contribution in [0, 0.1) is 11.8 Å². The third kappa shape index (κ3) is 4.32. The molecular weight excluding hydrogens is 523 g/mol. The third-order valence-corrected chi connectivity index (χ3v) is 10.0. The molecular formula is C27H36ClF3N3O4+. The number of carbonyl (C=O) groups excluding carboxylic acids is 2. The summed E-state index contributed by atoms with van der Waals surface area (Å²) in [5.74, 6) is -0.372. The van der Waals surface area contributed by atoms with Crippen molar-refractivity contribution < 1.29 is 37.1 Å². The molecule has 3 atom stereocenters. The largest absolute Gasteiger partial charge is 0.436 e. The molecule has 2 amide bonds. The lowest BCUT2D eigenvalue weighted by Gasteiger charge is -2.59. The van der Waals surface area contributed by atoms with Gasteiger partial charge in [0.15, 0.2) is 0 Å². The molecule has 5 rings (SSSR count). The number of β-lactam (4-membered cyclic amide) rings is 1. The highest BCUT2D eigenvalue weighted by Gasteiger charge is 2.83. The lowest BCUT2D eigenvalue weighted by molar-refractivity contribution is -0.930. The maximum atomic E-state index is 13.3. The van der Waals surface area contributed by atoms with Crippen LogP contribution in [-0.4, -0.2) is 96.1 Å². The molecule has 210 valence electrons. The Morgan fingerprint density at radius 1 is 1.11 bits per heavy atom. The second kappa shape index (κ2) is 9.94. The predicted octanol–water partition coefficient (Wildman–Crippen LogP) is 3.87. The van der Waals surface area contributed by atoms with E-state index in [0.29, 0.717) is 68.1 Å². The number of halogens is 4. The maximum absolute atomic E-state index is 13.3. The van der Waals surface area contributed by atoms with Gasteiger partial charge in [0.1, 0.15) is 6.04 Å². The number of rotatable bonds is 3. The molecule has 4 fully saturated rings. The molecule has 1 aromatic rings. The Balaban J connectivity index is 1.15. The van der Waals surface area contributed by atoms with E-state index in [9.17, 15) is 27.9 Å². The van der Waals surface area contributed by atoms with Crippen LogP contribution in [-0.2, 0) is 9.53 Å². The average Bonchev–Trinajstić information content (AvgIpc) is 2.91. The van der Waals surface area contributed by atoms with Crippen molar-refractivity contribution in [1.82, 2.24) is 4.90 Å². The Morgan fingerprint density at radius 3 is 2.29 bits per heavy atom. The molecule has 0 aromatic heterocycles. The zero-order valence-electron chi connectivity index (χ0n) is 21.8. The summed E-state index contributed by atoms with van der Waals surface area (Å²) in [4.78, 5) is 29.6. The van der Waals surface area contributed by atoms with E-state index in [0.717, 1.165) is 31.6 Å². The van der Waals surface area contributed by atoms with Gasteiger partial charge in [0.05, 0.1) is 42.9 Å². The van der Waals surface area contributed by atoms with E-state index in [1.54, 1.807) is 11.0 Å². The number of anilines is 1. The lowest BCUT2D eigenvalue weighted by Crippen LogP contribution is -2.88. The number of ether oxygens (including phenoxy) is 1. The van der Waals surface area contributed by atoms with E-state index in [4.69, 9.17) is 16.3 Å². The number of benzene rings is 1. The van der Waals surface area contributed by atoms with Crippen LogP contribution in [0.15, 0.2) is 18.2 Å². The topological polar surface area (TPSA) is 70.1 Å². The number of hydrogen-bond donors (Lipinski definition) is 1. The average molecular weight is 559 g/mol. The van der Waals surface area contributed by atoms with Gasteiger partial charge in [-0.1, -0.05) is 11.6 Å². The fourth-order valence-electron chi connectivity index (χ4n) is 7.14. The molecule has 11 heteroatoms. The molecule has 7 nitrogen and oxygen atoms in total. The molecule has 1 aromatic carbocycles. The normalized spacial score (nSPS) is 34.9. The number of piperidine rings is 2. The minimum Gasteiger partial charge on any atom is -0.377 e. The Hall–Kier alpha value is -1.88. The van der Waals surface area contributed by atoms with Crippen LogP contribution in [0.1, 0.15) is 49.9 Å². The molecule has 4 saturated heterocycles. The van der Waals surface area contributed by atoms with Crippen LogP contribution >= 0.6 is 11.6 Å². The molecule has 4 aliphatic rings. The number of quaternary nitrogens is 1. The van der Waals surface area contributed by atoms with Crippen LogP contribution in [0.3, 0.4) is 0 Å². The molecule has 0 saturated carbocycles. The maximum Gasteiger partial charge on any atom is 0.436 e. The molecule has 1 N–H and O–H groups in total. The van der Waals surface area contributed by atoms with Crippen molar-refractivity contribution >= 4 is 29.1 Å². The van der Waals surface area contributed by atoms with Gasteiger partial charge in [-0.3, -0.25) is 9.28 Å². The van der Waals surface area contributed by atoms with Gasteiger partial charge in [-0.25, -0.2) is 4.79 Å². The Kier molecular flexibility index (Phi) is 7.24. The van der Waals surface area contributed by atoms with Gasteiger partial charge in [0.2, 0.25) is 0 Å². The van der Waals surface area contributed by atoms with E-state index >= 15 is 0 Å². The summed E-state index contributed by atoms with van der Waals surface area (Å²) >= 11 is 6.56. The third-order valence-electron chi connectivity index (χ3n) is 9.69. The molecule has 0 aliphatic carbocycles. The lowest BCUT2D eigenvalue weighted by atomic mass is 9.72. The molecule has 4 heterocycles. The van der Waals surface area contributed by atoms with E-state index in [-0.39, 0.29) is 16.4 Å². The van der Waals surface area contributed by atoms with E-state index in [2.05, 4.69) is 4.90 Å². The molecule has 2 unspecified atom stereocenters. The van der Waals surface area contributed by atoms with Gasteiger partial charge >= 0.3 is 17.7 Å². The minimum absolute atomic E-state index is 0.000865. The highest BCUT2D eigenvalue weighted by Crippen LogP contribution is 2.51. The zero-order chi connectivity index (χ0) is 27.5. The number of aliphatic hydroxyl groups is 1. The monoisotopic (exact) mass is 558 g/mol. The molecule has 4 aliphatic heterocycles. The van der Waals surface area contributed by atoms with E-state index < -0.39 is 23.7 Å². The van der Waals surface area contributed by atoms with Crippen LogP contribution in [0.25, 0.3) is 0 Å². The van der Waals surface area contributed by atoms with Gasteiger partial charge in [0.25, 0.3) is 5.91 Å². The summed E-state index contributed by atoms with van der Waals surface area (Å²) in [6.45, 7) is 7.26. The van der Waals surface area contributed by atoms with Crippen LogP contribution < -0.4 is 4.90 Å². The van der Waals surface area contributed by atoms with Crippen molar-refractivity contribution in [1.29, 1.82) is 0 Å². The van der Waals surface area contributed by atoms with Crippen LogP contribution in [0.4, 0.5) is 18.9 Å². The van der Waals surface area contributed by atoms with E-state index in [1.165, 1.54) is 6.92 Å². The number of amides is 2. The number of carbonyl (C=O) groups is 2. The quantitative estimate of drug-likeness (QED) is 0.451. The molecule has 38 heavy (non-hydrogen) atoms. The van der Waals surface area contributed by atoms with Crippen molar-refractivity contribution in [3.8, 4) is 0 Å². The molecule has 1 spiro atoms. The number of morpholine rings is 1. The number of nitrogens with zero attached hydrogens (tertiary/aromatic N) is 3. The van der Waals surface area contributed by atoms with Crippen molar-refractivity contribution in [3.05, 3.63) is 28.8 Å². The van der Waals surface area contributed by atoms with Crippen molar-refractivity contribution in [2.45, 2.75) is 63.4 Å². The first-order chi connectivity index (χ1) is 17.9. The van der Waals surface area contributed by atoms with Gasteiger partial charge < -0.3 is 19.6 Å². The summed E-state index contributed by atoms with van der Waals surface area (Å²) in [6, 6.07) is 4.43. The first kappa shape index (κ1) is 27.7. The first-order valence-electron chi connectivity index (χ1n) is 13.5. The van der Waals surface area contributed by atoms with Gasteiger partial charge in [0, 0.05) is 38.2 Å². The Labute approximate surface area is 226 Å². The molecule has 0 bridgehead atoms. The summed E-state index contributed by atoms with van der Waals surface area (Å²) in [6.07, 6.45) is -1.66. The van der Waals surface area contributed by atoms with Gasteiger partial charge in [-0.05, 0) is 56.7 Å². The fourth-order valence-corrected chi connectivity index (χ4v) is 7.40. The smallest absolute Gasteiger partial charge is 0.377 e. The zero-order valence-corrected chi connectivity index (χ0v) is 22.6. The standard InChI is InChI=1S/C27H36ClF3N3O4/c1-17-16-38-14-11-33(17)24(35)22-4-3-21(15-23(22)28)32-9-5-19(6-10-32)20-7-12-34(13-8-20)18(2)26(37,25(34)36)27(29,30)31/h3-4,15,17-20,37H,5-14,16H2,1-2H3/q+1/t17-,18?,20?,26?,34?/m1/s1. The number of hydrogen-bond acceptors (Lipinski definition) is 5. The van der Waals surface area contributed by atoms with Gasteiger partial charge in [-0.15, -0.1) is 0 Å². The number of alkyl halides is 3. The Bertz CT molecular complexity index is 1090. The van der Waals surface area contributed by atoms with Crippen molar-refractivity contribution in [2.75, 3.05) is 50.8 Å². The second-order valence-electron chi connectivity index (χ2n) is 11.5. The highest BCUT2D eigenvalue weighted by molar-refractivity contribution is 6.34. The summed E-state index contributed by atoms with van der Waals surface area (Å²) in [5.41, 5.74) is -1.75. The summed E-state index contributed by atoms with van der Waals surface area (Å²) < 4.78 is 45.2. The van der Waals surface area contributed by atoms with Gasteiger partial charge in [-0.2, -0.15) is 13.2 Å². The van der Waals surface area contributed by atoms with E-state index in [1.807, 2.05) is 19.1 Å². The predicted molar refractivity (Wildman–Crippen MR) is 136 cm³/mol. The SMILES string of the molecule is CC1C(O)(C(F)(F)F)C(=O)[N+]12CCC(C1CCN(c3ccc(C(=O)N4CCOC[C@H]4C)c(Cl)c3)CC1)CC2.